The number of aryl methyl sites for hydroxylation is 2. The van der Waals surface area contributed by atoms with Gasteiger partial charge in [-0.2, -0.15) is 0 Å². The van der Waals surface area contributed by atoms with Crippen molar-refractivity contribution in [3.63, 3.8) is 0 Å². The lowest BCUT2D eigenvalue weighted by Gasteiger charge is -2.33. The summed E-state index contributed by atoms with van der Waals surface area (Å²) < 4.78 is 0. The van der Waals surface area contributed by atoms with Gasteiger partial charge in [0.15, 0.2) is 0 Å². The lowest BCUT2D eigenvalue weighted by atomic mass is 9.91. The number of hydrogen-bond donors (Lipinski definition) is 1. The number of rotatable bonds is 4. The van der Waals surface area contributed by atoms with Gasteiger partial charge in [0, 0.05) is 6.54 Å². The van der Waals surface area contributed by atoms with E-state index in [0.717, 1.165) is 5.56 Å². The molecule has 2 rings (SSSR count). The molecule has 1 aromatic rings. The molecule has 1 aliphatic heterocycles. The molecule has 0 aromatic heterocycles. The van der Waals surface area contributed by atoms with Gasteiger partial charge in [0.25, 0.3) is 5.91 Å². The van der Waals surface area contributed by atoms with Crippen molar-refractivity contribution in [1.82, 2.24) is 10.2 Å². The fourth-order valence-electron chi connectivity index (χ4n) is 2.86. The first kappa shape index (κ1) is 14.6. The van der Waals surface area contributed by atoms with E-state index in [1.54, 1.807) is 4.90 Å². The van der Waals surface area contributed by atoms with Crippen LogP contribution in [0, 0.1) is 13.8 Å². The summed E-state index contributed by atoms with van der Waals surface area (Å²) in [6.07, 6.45) is 1.26. The van der Waals surface area contributed by atoms with E-state index in [4.69, 9.17) is 0 Å². The molecule has 1 aromatic carbocycles. The first-order chi connectivity index (χ1) is 9.44. The highest BCUT2D eigenvalue weighted by Crippen LogP contribution is 2.31. The predicted octanol–water partition coefficient (Wildman–Crippen LogP) is 2.91. The molecular formula is C16H22N2O2. The largest absolute Gasteiger partial charge is 0.325 e. The Hall–Kier alpha value is -1.84. The minimum atomic E-state index is -0.699. The van der Waals surface area contributed by atoms with E-state index in [9.17, 15) is 9.59 Å². The summed E-state index contributed by atoms with van der Waals surface area (Å²) >= 11 is 0. The molecule has 1 aliphatic rings. The molecule has 1 heterocycles. The number of urea groups is 1. The van der Waals surface area contributed by atoms with Crippen LogP contribution in [0.3, 0.4) is 0 Å². The smallest absolute Gasteiger partial charge is 0.305 e. The SMILES string of the molecule is CCC1(CC)C(=O)NC(=O)N1Cc1ccc(C)c(C)c1. The molecule has 0 unspecified atom stereocenters. The molecule has 3 amide bonds. The average molecular weight is 274 g/mol. The molecule has 108 valence electrons. The van der Waals surface area contributed by atoms with Gasteiger partial charge < -0.3 is 4.90 Å². The zero-order chi connectivity index (χ0) is 14.9. The molecule has 1 saturated heterocycles. The van der Waals surface area contributed by atoms with E-state index in [-0.39, 0.29) is 11.9 Å². The highest BCUT2D eigenvalue weighted by atomic mass is 16.2. The summed E-state index contributed by atoms with van der Waals surface area (Å²) in [5.41, 5.74) is 2.79. The van der Waals surface area contributed by atoms with Crippen molar-refractivity contribution in [3.05, 3.63) is 34.9 Å². The van der Waals surface area contributed by atoms with Crippen LogP contribution in [0.4, 0.5) is 4.79 Å². The van der Waals surface area contributed by atoms with Gasteiger partial charge in [0.2, 0.25) is 0 Å². The monoisotopic (exact) mass is 274 g/mol. The van der Waals surface area contributed by atoms with Crippen LogP contribution in [0.15, 0.2) is 18.2 Å². The zero-order valence-electron chi connectivity index (χ0n) is 12.6. The molecule has 0 atom stereocenters. The quantitative estimate of drug-likeness (QED) is 0.858. The number of hydrogen-bond acceptors (Lipinski definition) is 2. The van der Waals surface area contributed by atoms with Gasteiger partial charge in [-0.15, -0.1) is 0 Å². The number of nitrogens with zero attached hydrogens (tertiary/aromatic N) is 1. The van der Waals surface area contributed by atoms with E-state index in [1.165, 1.54) is 11.1 Å². The van der Waals surface area contributed by atoms with E-state index >= 15 is 0 Å². The summed E-state index contributed by atoms with van der Waals surface area (Å²) in [6.45, 7) is 8.50. The number of carbonyl (C=O) groups is 2. The van der Waals surface area contributed by atoms with Gasteiger partial charge >= 0.3 is 6.03 Å². The second-order valence-corrected chi connectivity index (χ2v) is 5.50. The van der Waals surface area contributed by atoms with Gasteiger partial charge in [0.1, 0.15) is 5.54 Å². The molecule has 0 radical (unpaired) electrons. The maximum atomic E-state index is 12.1. The number of carbonyl (C=O) groups excluding carboxylic acids is 2. The molecule has 0 saturated carbocycles. The van der Waals surface area contributed by atoms with Crippen molar-refractivity contribution in [2.75, 3.05) is 0 Å². The molecule has 0 bridgehead atoms. The normalized spacial score (nSPS) is 17.5. The summed E-state index contributed by atoms with van der Waals surface area (Å²) in [4.78, 5) is 25.9. The van der Waals surface area contributed by atoms with E-state index in [0.29, 0.717) is 19.4 Å². The predicted molar refractivity (Wildman–Crippen MR) is 78.3 cm³/mol. The zero-order valence-corrected chi connectivity index (χ0v) is 12.6. The summed E-state index contributed by atoms with van der Waals surface area (Å²) in [6, 6.07) is 5.88. The van der Waals surface area contributed by atoms with Gasteiger partial charge in [-0.05, 0) is 43.4 Å². The first-order valence-corrected chi connectivity index (χ1v) is 7.13. The van der Waals surface area contributed by atoms with E-state index < -0.39 is 5.54 Å². The van der Waals surface area contributed by atoms with E-state index in [1.807, 2.05) is 19.9 Å². The fourth-order valence-corrected chi connectivity index (χ4v) is 2.86. The molecule has 1 fully saturated rings. The minimum absolute atomic E-state index is 0.170. The second kappa shape index (κ2) is 5.27. The Bertz CT molecular complexity index is 547. The molecule has 0 spiro atoms. The van der Waals surface area contributed by atoms with Crippen LogP contribution < -0.4 is 5.32 Å². The van der Waals surface area contributed by atoms with Crippen molar-refractivity contribution < 1.29 is 9.59 Å². The fraction of sp³-hybridized carbons (Fsp3) is 0.500. The van der Waals surface area contributed by atoms with Crippen LogP contribution in [0.25, 0.3) is 0 Å². The molecule has 20 heavy (non-hydrogen) atoms. The summed E-state index contributed by atoms with van der Waals surface area (Å²) in [7, 11) is 0. The number of nitrogens with one attached hydrogen (secondary N) is 1. The molecular weight excluding hydrogens is 252 g/mol. The number of amides is 3. The molecule has 4 nitrogen and oxygen atoms in total. The van der Waals surface area contributed by atoms with Crippen molar-refractivity contribution in [2.24, 2.45) is 0 Å². The Morgan fingerprint density at radius 2 is 1.75 bits per heavy atom. The topological polar surface area (TPSA) is 49.4 Å². The van der Waals surface area contributed by atoms with Crippen molar-refractivity contribution >= 4 is 11.9 Å². The Morgan fingerprint density at radius 1 is 1.10 bits per heavy atom. The van der Waals surface area contributed by atoms with Gasteiger partial charge in [0.05, 0.1) is 0 Å². The van der Waals surface area contributed by atoms with Crippen LogP contribution in [-0.4, -0.2) is 22.4 Å². The first-order valence-electron chi connectivity index (χ1n) is 7.13. The maximum Gasteiger partial charge on any atom is 0.325 e. The summed E-state index contributed by atoms with van der Waals surface area (Å²) in [5.74, 6) is -0.170. The second-order valence-electron chi connectivity index (χ2n) is 5.50. The number of benzene rings is 1. The van der Waals surface area contributed by atoms with Crippen LogP contribution in [-0.2, 0) is 11.3 Å². The van der Waals surface area contributed by atoms with Crippen LogP contribution >= 0.6 is 0 Å². The highest BCUT2D eigenvalue weighted by Gasteiger charge is 2.50. The minimum Gasteiger partial charge on any atom is -0.305 e. The van der Waals surface area contributed by atoms with Crippen LogP contribution in [0.2, 0.25) is 0 Å². The van der Waals surface area contributed by atoms with Gasteiger partial charge in [-0.25, -0.2) is 4.79 Å². The Balaban J connectivity index is 2.32. The Kier molecular flexibility index (Phi) is 3.84. The van der Waals surface area contributed by atoms with Crippen molar-refractivity contribution in [2.45, 2.75) is 52.6 Å². The third kappa shape index (κ3) is 2.19. The van der Waals surface area contributed by atoms with Gasteiger partial charge in [-0.1, -0.05) is 32.0 Å². The Labute approximate surface area is 120 Å². The third-order valence-electron chi connectivity index (χ3n) is 4.49. The van der Waals surface area contributed by atoms with Crippen LogP contribution in [0.5, 0.6) is 0 Å². The average Bonchev–Trinajstić information content (AvgIpc) is 2.65. The molecule has 1 N–H and O–H groups in total. The Morgan fingerprint density at radius 3 is 2.30 bits per heavy atom. The number of imide groups is 1. The van der Waals surface area contributed by atoms with Crippen molar-refractivity contribution in [3.8, 4) is 0 Å². The third-order valence-corrected chi connectivity index (χ3v) is 4.49. The molecule has 4 heteroatoms. The maximum absolute atomic E-state index is 12.1. The lowest BCUT2D eigenvalue weighted by molar-refractivity contribution is -0.127. The van der Waals surface area contributed by atoms with Gasteiger partial charge in [-0.3, -0.25) is 10.1 Å². The van der Waals surface area contributed by atoms with Crippen LogP contribution in [0.1, 0.15) is 43.4 Å². The van der Waals surface area contributed by atoms with Crippen molar-refractivity contribution in [1.29, 1.82) is 0 Å². The standard InChI is InChI=1S/C16H22N2O2/c1-5-16(6-2)14(19)17-15(20)18(16)10-13-8-7-11(3)12(4)9-13/h7-9H,5-6,10H2,1-4H3,(H,17,19,20). The summed E-state index contributed by atoms with van der Waals surface area (Å²) in [5, 5.41) is 2.45. The highest BCUT2D eigenvalue weighted by molar-refractivity contribution is 6.06. The van der Waals surface area contributed by atoms with E-state index in [2.05, 4.69) is 31.3 Å². The lowest BCUT2D eigenvalue weighted by Crippen LogP contribution is -2.48. The molecule has 0 aliphatic carbocycles.